The van der Waals surface area contributed by atoms with Gasteiger partial charge in [0.25, 0.3) is 11.8 Å². The van der Waals surface area contributed by atoms with E-state index in [1.165, 1.54) is 7.11 Å². The molecule has 1 atom stereocenters. The number of hydrogen-bond donors (Lipinski definition) is 3. The highest BCUT2D eigenvalue weighted by molar-refractivity contribution is 6.12. The van der Waals surface area contributed by atoms with E-state index in [0.717, 1.165) is 59.3 Å². The van der Waals surface area contributed by atoms with Crippen molar-refractivity contribution in [1.29, 1.82) is 0 Å². The van der Waals surface area contributed by atoms with Gasteiger partial charge in [0.05, 0.1) is 37.1 Å². The average Bonchev–Trinajstić information content (AvgIpc) is 3.81. The van der Waals surface area contributed by atoms with E-state index >= 15 is 0 Å². The number of hydrogen-bond acceptors (Lipinski definition) is 9. The molecule has 58 heavy (non-hydrogen) atoms. The third-order valence-corrected chi connectivity index (χ3v) is 10.9. The number of rotatable bonds is 13. The summed E-state index contributed by atoms with van der Waals surface area (Å²) in [6, 6.07) is 28.3. The summed E-state index contributed by atoms with van der Waals surface area (Å²) in [4.78, 5) is 44.1. The molecule has 3 amide bonds. The molecule has 1 unspecified atom stereocenters. The zero-order valence-electron chi connectivity index (χ0n) is 32.9. The van der Waals surface area contributed by atoms with Crippen molar-refractivity contribution < 1.29 is 33.3 Å². The number of unbranched alkanes of at least 4 members (excludes halogenated alkanes) is 1. The Kier molecular flexibility index (Phi) is 10.8. The van der Waals surface area contributed by atoms with Crippen LogP contribution in [0.2, 0.25) is 0 Å². The van der Waals surface area contributed by atoms with Crippen molar-refractivity contribution >= 4 is 46.2 Å². The summed E-state index contributed by atoms with van der Waals surface area (Å²) in [6.45, 7) is 3.43. The van der Waals surface area contributed by atoms with Crippen molar-refractivity contribution in [3.05, 3.63) is 124 Å². The number of nitrogens with one attached hydrogen (secondary N) is 2. The Morgan fingerprint density at radius 3 is 2.22 bits per heavy atom. The molecular formula is C46H47N5O7. The maximum absolute atomic E-state index is 13.9. The second kappa shape index (κ2) is 16.4. The summed E-state index contributed by atoms with van der Waals surface area (Å²) in [6.07, 6.45) is 3.62. The standard InChI is InChI=1S/C46H47N5O7/c1-4-5-14-44(52)49-32-18-28(26-57-42-23-36(47)34(21-40(42)55-2)45(53)50-16-15-30-10-6-8-12-38(30)50)17-29(19-32)27-58-43-24-37-35(22-41(43)56-3)46(54)51-33(25-48-37)20-31-11-7-9-13-39(31)51/h6-13,17-19,21-24,33,48H,4-5,14-16,20,25-27,47H2,1-3H3,(H,49,52). The number of benzene rings is 5. The molecule has 4 N–H and O–H groups in total. The molecule has 0 saturated heterocycles. The smallest absolute Gasteiger partial charge is 0.260 e. The minimum atomic E-state index is -0.205. The Balaban J connectivity index is 1.02. The Morgan fingerprint density at radius 2 is 1.50 bits per heavy atom. The van der Waals surface area contributed by atoms with Crippen LogP contribution in [0.1, 0.15) is 69.2 Å². The van der Waals surface area contributed by atoms with Crippen LogP contribution in [0, 0.1) is 0 Å². The summed E-state index contributed by atoms with van der Waals surface area (Å²) in [5, 5.41) is 6.51. The SMILES string of the molecule is CCCCC(=O)Nc1cc(COc2cc(N)c(C(=O)N3CCc4ccccc43)cc2OC)cc(COc2cc3c(cc2OC)C(=O)N2c4ccccc4CC2CN3)c1. The molecule has 0 fully saturated rings. The van der Waals surface area contributed by atoms with Gasteiger partial charge in [0.2, 0.25) is 5.91 Å². The van der Waals surface area contributed by atoms with Crippen molar-refractivity contribution in [3.8, 4) is 23.0 Å². The fourth-order valence-corrected chi connectivity index (χ4v) is 8.02. The highest BCUT2D eigenvalue weighted by Gasteiger charge is 2.38. The lowest BCUT2D eigenvalue weighted by Gasteiger charge is -2.22. The number of ether oxygens (including phenoxy) is 4. The van der Waals surface area contributed by atoms with Gasteiger partial charge in [0.15, 0.2) is 23.0 Å². The fraction of sp³-hybridized carbons (Fsp3) is 0.283. The van der Waals surface area contributed by atoms with Gasteiger partial charge in [-0.25, -0.2) is 0 Å². The highest BCUT2D eigenvalue weighted by atomic mass is 16.5. The zero-order valence-corrected chi connectivity index (χ0v) is 32.9. The van der Waals surface area contributed by atoms with Gasteiger partial charge in [0.1, 0.15) is 13.2 Å². The first kappa shape index (κ1) is 38.2. The number of amides is 3. The van der Waals surface area contributed by atoms with Gasteiger partial charge < -0.3 is 45.1 Å². The second-order valence-electron chi connectivity index (χ2n) is 14.8. The largest absolute Gasteiger partial charge is 0.493 e. The van der Waals surface area contributed by atoms with Crippen molar-refractivity contribution in [2.45, 2.75) is 58.3 Å². The zero-order chi connectivity index (χ0) is 40.3. The lowest BCUT2D eigenvalue weighted by Crippen LogP contribution is -2.39. The van der Waals surface area contributed by atoms with Crippen molar-refractivity contribution in [2.75, 3.05) is 53.5 Å². The molecule has 0 radical (unpaired) electrons. The topological polar surface area (TPSA) is 145 Å². The van der Waals surface area contributed by atoms with Crippen LogP contribution in [0.15, 0.2) is 91.0 Å². The summed E-state index contributed by atoms with van der Waals surface area (Å²) < 4.78 is 24.1. The molecule has 3 heterocycles. The number of methoxy groups -OCH3 is 2. The molecule has 12 heteroatoms. The summed E-state index contributed by atoms with van der Waals surface area (Å²) >= 11 is 0. The van der Waals surface area contributed by atoms with Crippen LogP contribution in [0.5, 0.6) is 23.0 Å². The number of para-hydroxylation sites is 2. The molecular weight excluding hydrogens is 735 g/mol. The predicted molar refractivity (Wildman–Crippen MR) is 225 cm³/mol. The van der Waals surface area contributed by atoms with Gasteiger partial charge in [-0.1, -0.05) is 49.7 Å². The number of carbonyl (C=O) groups excluding carboxylic acids is 3. The van der Waals surface area contributed by atoms with Gasteiger partial charge in [-0.05, 0) is 84.0 Å². The number of carbonyl (C=O) groups is 3. The first-order chi connectivity index (χ1) is 28.2. The summed E-state index contributed by atoms with van der Waals surface area (Å²) in [5.74, 6) is 1.24. The van der Waals surface area contributed by atoms with E-state index in [4.69, 9.17) is 24.7 Å². The lowest BCUT2D eigenvalue weighted by molar-refractivity contribution is -0.116. The third-order valence-electron chi connectivity index (χ3n) is 10.9. The number of fused-ring (bicyclic) bond motifs is 5. The lowest BCUT2D eigenvalue weighted by atomic mass is 10.1. The molecule has 0 aromatic heterocycles. The van der Waals surface area contributed by atoms with Crippen LogP contribution in [0.25, 0.3) is 0 Å². The first-order valence-corrected chi connectivity index (χ1v) is 19.7. The normalized spacial score (nSPS) is 15.0. The van der Waals surface area contributed by atoms with Crippen LogP contribution in [0.3, 0.4) is 0 Å². The van der Waals surface area contributed by atoms with Gasteiger partial charge in [0, 0.05) is 54.4 Å². The molecule has 0 spiro atoms. The molecule has 3 aliphatic heterocycles. The minimum absolute atomic E-state index is 0.00600. The maximum atomic E-state index is 13.9. The van der Waals surface area contributed by atoms with Crippen molar-refractivity contribution in [2.24, 2.45) is 0 Å². The quantitative estimate of drug-likeness (QED) is 0.102. The summed E-state index contributed by atoms with van der Waals surface area (Å²) in [5.41, 5.74) is 14.5. The Morgan fingerprint density at radius 1 is 0.828 bits per heavy atom. The van der Waals surface area contributed by atoms with Crippen molar-refractivity contribution in [1.82, 2.24) is 0 Å². The number of nitrogens with zero attached hydrogens (tertiary/aromatic N) is 2. The van der Waals surface area contributed by atoms with E-state index in [9.17, 15) is 14.4 Å². The highest BCUT2D eigenvalue weighted by Crippen LogP contribution is 2.41. The van der Waals surface area contributed by atoms with Crippen LogP contribution in [0.4, 0.5) is 28.4 Å². The molecule has 5 aromatic rings. The van der Waals surface area contributed by atoms with E-state index in [2.05, 4.69) is 16.7 Å². The predicted octanol–water partition coefficient (Wildman–Crippen LogP) is 7.77. The minimum Gasteiger partial charge on any atom is -0.493 e. The van der Waals surface area contributed by atoms with E-state index < -0.39 is 0 Å². The molecule has 0 aliphatic carbocycles. The molecule has 8 rings (SSSR count). The van der Waals surface area contributed by atoms with E-state index in [1.54, 1.807) is 30.2 Å². The van der Waals surface area contributed by atoms with E-state index in [-0.39, 0.29) is 42.7 Å². The second-order valence-corrected chi connectivity index (χ2v) is 14.8. The first-order valence-electron chi connectivity index (χ1n) is 19.7. The number of nitrogens with two attached hydrogens (primary N) is 1. The van der Waals surface area contributed by atoms with E-state index in [0.29, 0.717) is 65.0 Å². The van der Waals surface area contributed by atoms with Gasteiger partial charge in [-0.2, -0.15) is 0 Å². The third kappa shape index (κ3) is 7.57. The van der Waals surface area contributed by atoms with E-state index in [1.807, 2.05) is 78.6 Å². The number of anilines is 5. The van der Waals surface area contributed by atoms with Gasteiger partial charge in [-0.3, -0.25) is 14.4 Å². The van der Waals surface area contributed by atoms with Crippen LogP contribution in [-0.4, -0.2) is 51.1 Å². The summed E-state index contributed by atoms with van der Waals surface area (Å²) in [7, 11) is 3.07. The average molecular weight is 782 g/mol. The maximum Gasteiger partial charge on any atom is 0.260 e. The molecule has 298 valence electrons. The van der Waals surface area contributed by atoms with Gasteiger partial charge in [-0.15, -0.1) is 0 Å². The van der Waals surface area contributed by atoms with Crippen molar-refractivity contribution in [3.63, 3.8) is 0 Å². The molecule has 0 bridgehead atoms. The monoisotopic (exact) mass is 781 g/mol. The molecule has 5 aromatic carbocycles. The van der Waals surface area contributed by atoms with Crippen LogP contribution >= 0.6 is 0 Å². The van der Waals surface area contributed by atoms with Crippen LogP contribution in [-0.2, 0) is 30.8 Å². The van der Waals surface area contributed by atoms with Gasteiger partial charge >= 0.3 is 0 Å². The molecule has 0 saturated carbocycles. The Labute approximate surface area is 337 Å². The molecule has 3 aliphatic rings. The van der Waals surface area contributed by atoms with Crippen LogP contribution < -0.4 is 45.1 Å². The Bertz CT molecular complexity index is 2400. The number of nitrogen functional groups attached to an aromatic ring is 1. The molecule has 12 nitrogen and oxygen atoms in total. The fourth-order valence-electron chi connectivity index (χ4n) is 8.02. The Hall–Kier alpha value is -6.69.